The molecule has 82 heavy (non-hydrogen) atoms. The molecule has 19 heteroatoms. The normalized spacial score (nSPS) is 19.0. The number of aliphatic hydroxyl groups excluding tert-OH is 1. The van der Waals surface area contributed by atoms with Crippen LogP contribution in [0.4, 0.5) is 0 Å². The van der Waals surface area contributed by atoms with Crippen molar-refractivity contribution in [2.24, 2.45) is 0 Å². The van der Waals surface area contributed by atoms with Crippen LogP contribution in [0, 0.1) is 11.3 Å². The van der Waals surface area contributed by atoms with Crippen LogP contribution < -0.4 is 32.2 Å². The van der Waals surface area contributed by atoms with Gasteiger partial charge in [0.05, 0.1) is 85.2 Å². The Labute approximate surface area is 541 Å². The fraction of sp³-hybridized carbons (Fsp3) is 0.413. The minimum absolute atomic E-state index is 0.00620. The topological polar surface area (TPSA) is 140 Å². The minimum atomic E-state index is -1.43. The van der Waals surface area contributed by atoms with Crippen molar-refractivity contribution in [1.82, 2.24) is 4.67 Å². The maximum atomic E-state index is 10.5. The van der Waals surface area contributed by atoms with Gasteiger partial charge < -0.3 is 52.0 Å². The van der Waals surface area contributed by atoms with E-state index < -0.39 is 25.8 Å². The fourth-order valence-corrected chi connectivity index (χ4v) is 12.0. The predicted molar refractivity (Wildman–Crippen MR) is 357 cm³/mol. The Kier molecular flexibility index (Phi) is 31.7. The Bertz CT molecular complexity index is 2650. The molecule has 6 aromatic rings. The van der Waals surface area contributed by atoms with Gasteiger partial charge in [-0.05, 0) is 123 Å². The first-order valence-electron chi connectivity index (χ1n) is 26.9. The molecule has 13 nitrogen and oxygen atoms in total. The van der Waals surface area contributed by atoms with Crippen LogP contribution in [-0.2, 0) is 39.2 Å². The van der Waals surface area contributed by atoms with E-state index in [0.717, 1.165) is 56.4 Å². The molecule has 2 heterocycles. The number of rotatable bonds is 24. The molecule has 0 spiro atoms. The van der Waals surface area contributed by atoms with E-state index in [4.69, 9.17) is 52.2 Å². The monoisotopic (exact) mass is 1700 g/mol. The number of hydrogen-bond donors (Lipinski definition) is 1. The number of aliphatic hydroxyl groups is 1. The average Bonchev–Trinajstić information content (AvgIpc) is 2.58. The Morgan fingerprint density at radius 1 is 0.573 bits per heavy atom. The van der Waals surface area contributed by atoms with Crippen molar-refractivity contribution in [1.29, 1.82) is 5.26 Å². The molecule has 0 saturated carbocycles. The van der Waals surface area contributed by atoms with Crippen molar-refractivity contribution < 1.29 is 65.3 Å². The van der Waals surface area contributed by atoms with Gasteiger partial charge in [0.25, 0.3) is 8.53 Å². The number of nitriles is 1. The second kappa shape index (κ2) is 36.8. The molecule has 6 aromatic carbocycles. The van der Waals surface area contributed by atoms with Crippen LogP contribution >= 0.6 is 83.0 Å². The van der Waals surface area contributed by atoms with Crippen LogP contribution in [0.25, 0.3) is 0 Å². The Balaban J connectivity index is 0.000000292. The summed E-state index contributed by atoms with van der Waals surface area (Å²) in [5, 5.41) is 19.6. The van der Waals surface area contributed by atoms with Gasteiger partial charge in [0.1, 0.15) is 46.4 Å². The number of benzene rings is 6. The summed E-state index contributed by atoms with van der Waals surface area (Å²) >= 11 is 9.54. The molecule has 0 aromatic heterocycles. The zero-order valence-electron chi connectivity index (χ0n) is 48.1. The van der Waals surface area contributed by atoms with Gasteiger partial charge in [0.15, 0.2) is 0 Å². The van der Waals surface area contributed by atoms with Crippen molar-refractivity contribution in [2.45, 2.75) is 121 Å². The molecule has 446 valence electrons. The third-order valence-electron chi connectivity index (χ3n) is 14.0. The van der Waals surface area contributed by atoms with E-state index in [1.807, 2.05) is 140 Å². The van der Waals surface area contributed by atoms with Crippen LogP contribution in [-0.4, -0.2) is 107 Å². The number of hydrogen-bond acceptors (Lipinski definition) is 13. The quantitative estimate of drug-likeness (QED) is 0.0266. The molecular weight excluding hydrogens is 1630 g/mol. The molecular formula is C63H77I5N2O11P-. The standard InChI is InChI=1S/C36H47N2O6P.C27H30O5.I3.I2/c1-26(2)38(27(3)4)45(42-23-11-22-37)44-34-24-28(5)43-35(34)25-41-36(29-12-9-8-10-13-29,30-14-18-32(39-6)19-15-30)31-16-20-33(40-7)21-17-31;1-19-17-25(28)26(32-19)18-31-27(20-7-5-4-6-8-20,21-9-13-23(29-2)14-10-21)22-11-15-24(30-3)16-12-22;1-3-2;1-2/h8-10,12-21,26-28,34-35H,11,23-25H2,1-7H3;4-16,19,25-26,28H,17-18H2,1-3H3;;/q;;-1;/t28-,34+,35+,45?;19-,25+,26+;;/m00../s1. The number of methoxy groups -OCH3 is 4. The van der Waals surface area contributed by atoms with E-state index in [1.165, 1.54) is 0 Å². The van der Waals surface area contributed by atoms with Crippen LogP contribution in [0.1, 0.15) is 94.2 Å². The summed E-state index contributed by atoms with van der Waals surface area (Å²) in [6.45, 7) is 13.4. The molecule has 0 bridgehead atoms. The first-order chi connectivity index (χ1) is 39.7. The summed E-state index contributed by atoms with van der Waals surface area (Å²) < 4.78 is 63.3. The zero-order chi connectivity index (χ0) is 59.7. The number of halogens is 5. The summed E-state index contributed by atoms with van der Waals surface area (Å²) in [4.78, 5) is 0. The summed E-state index contributed by atoms with van der Waals surface area (Å²) in [6, 6.07) is 54.8. The van der Waals surface area contributed by atoms with E-state index in [2.05, 4.69) is 144 Å². The van der Waals surface area contributed by atoms with Crippen LogP contribution in [0.3, 0.4) is 0 Å². The van der Waals surface area contributed by atoms with E-state index in [1.54, 1.807) is 28.4 Å². The van der Waals surface area contributed by atoms with E-state index in [-0.39, 0.29) is 55.8 Å². The van der Waals surface area contributed by atoms with Crippen LogP contribution in [0.15, 0.2) is 158 Å². The predicted octanol–water partition coefficient (Wildman–Crippen LogP) is 12.9. The Morgan fingerprint density at radius 3 is 1.22 bits per heavy atom. The summed E-state index contributed by atoms with van der Waals surface area (Å²) in [5.41, 5.74) is 3.91. The average molecular weight is 1700 g/mol. The molecule has 0 aliphatic carbocycles. The van der Waals surface area contributed by atoms with Gasteiger partial charge in [-0.25, -0.2) is 4.67 Å². The van der Waals surface area contributed by atoms with Crippen molar-refractivity contribution in [3.63, 3.8) is 0 Å². The molecule has 0 radical (unpaired) electrons. The second-order valence-corrected chi connectivity index (χ2v) is 37.5. The second-order valence-electron chi connectivity index (χ2n) is 19.9. The number of nitrogens with zero attached hydrogens (tertiary/aromatic N) is 2. The van der Waals surface area contributed by atoms with Gasteiger partial charge in [0, 0.05) is 62.2 Å². The molecule has 7 atom stereocenters. The van der Waals surface area contributed by atoms with Crippen LogP contribution in [0.2, 0.25) is 0 Å². The van der Waals surface area contributed by atoms with Gasteiger partial charge in [-0.3, -0.25) is 0 Å². The molecule has 2 fully saturated rings. The van der Waals surface area contributed by atoms with Crippen LogP contribution in [0.5, 0.6) is 23.0 Å². The number of ether oxygens (including phenoxy) is 8. The molecule has 2 saturated heterocycles. The Hall–Kier alpha value is -2.23. The first kappa shape index (κ1) is 70.5. The van der Waals surface area contributed by atoms with E-state index in [9.17, 15) is 5.11 Å². The Morgan fingerprint density at radius 2 is 0.902 bits per heavy atom. The van der Waals surface area contributed by atoms with Gasteiger partial charge in [-0.1, -0.05) is 109 Å². The van der Waals surface area contributed by atoms with Crippen molar-refractivity contribution >= 4 is 83.0 Å². The fourth-order valence-electron chi connectivity index (χ4n) is 10.2. The SMILES string of the molecule is COc1ccc(C(OC[C@H]2O[C@@H](C)C[C@H]2O)(c2ccccc2)c2ccc(OC)cc2)cc1.COc1ccc(C(OC[C@H]2O[C@@H](C)C[C@H]2OP(OCCC#N)N(C(C)C)C(C)C)(c2ccccc2)c2ccc(OC)cc2)cc1.II.I[I-]I. The van der Waals surface area contributed by atoms with Gasteiger partial charge in [0.2, 0.25) is 0 Å². The molecule has 0 amide bonds. The van der Waals surface area contributed by atoms with E-state index in [0.29, 0.717) is 39.1 Å². The summed E-state index contributed by atoms with van der Waals surface area (Å²) in [5.74, 6) is 3.07. The molecule has 2 aliphatic rings. The molecule has 1 N–H and O–H groups in total. The molecule has 1 unspecified atom stereocenters. The third-order valence-corrected chi connectivity index (χ3v) is 16.1. The van der Waals surface area contributed by atoms with Crippen molar-refractivity contribution in [3.8, 4) is 29.1 Å². The van der Waals surface area contributed by atoms with E-state index >= 15 is 0 Å². The van der Waals surface area contributed by atoms with Gasteiger partial charge >= 0.3 is 50.5 Å². The van der Waals surface area contributed by atoms with Gasteiger partial charge in [-0.2, -0.15) is 5.26 Å². The van der Waals surface area contributed by atoms with Crippen molar-refractivity contribution in [3.05, 3.63) is 191 Å². The molecule has 8 rings (SSSR count). The van der Waals surface area contributed by atoms with Crippen molar-refractivity contribution in [2.75, 3.05) is 48.3 Å². The maximum absolute atomic E-state index is 10.5. The zero-order valence-corrected chi connectivity index (χ0v) is 59.8. The summed E-state index contributed by atoms with van der Waals surface area (Å²) in [7, 11) is 5.20. The molecule has 2 aliphatic heterocycles. The summed E-state index contributed by atoms with van der Waals surface area (Å²) in [6.07, 6.45) is 0.0818. The third kappa shape index (κ3) is 19.1. The van der Waals surface area contributed by atoms with Gasteiger partial charge in [-0.15, -0.1) is 0 Å². The first-order valence-corrected chi connectivity index (χ1v) is 46.9.